The molecule has 2 N–H and O–H groups in total. The van der Waals surface area contributed by atoms with Crippen LogP contribution in [0.1, 0.15) is 83.9 Å². The molecule has 0 unspecified atom stereocenters. The van der Waals surface area contributed by atoms with Gasteiger partial charge in [0.1, 0.15) is 17.9 Å². The number of methoxy groups -OCH3 is 1. The van der Waals surface area contributed by atoms with Crippen LogP contribution in [0.25, 0.3) is 0 Å². The second-order valence-electron chi connectivity index (χ2n) is 19.3. The molecule has 392 valence electrons. The molecule has 6 atom stereocenters. The van der Waals surface area contributed by atoms with E-state index in [1.54, 1.807) is 59.7 Å². The SMILES string of the molecule is C=C(CN(C)CCOCCOCCOCCN(C)Cc1ccc([C@@H](C)[C@H](C)[C@@H](C)[C@@H]2C/C=C/C(=O)N[C@H](Cc3ccc(OC)c(Cl)c3)C(=O)NCC(C)(C)C(=O)O[C@@H](CC(C)C)C(=O)O2)cc1)SSC. The minimum absolute atomic E-state index is 0.00566. The van der Waals surface area contributed by atoms with E-state index in [-0.39, 0.29) is 49.5 Å². The van der Waals surface area contributed by atoms with Crippen LogP contribution >= 0.6 is 33.2 Å². The Balaban J connectivity index is 1.61. The van der Waals surface area contributed by atoms with Crippen molar-refractivity contribution in [3.05, 3.63) is 87.8 Å². The molecule has 2 aromatic carbocycles. The molecule has 0 saturated carbocycles. The van der Waals surface area contributed by atoms with Gasteiger partial charge in [-0.2, -0.15) is 0 Å². The molecule has 0 bridgehead atoms. The molecule has 17 heteroatoms. The van der Waals surface area contributed by atoms with Gasteiger partial charge in [-0.1, -0.05) is 111 Å². The first kappa shape index (κ1) is 60.7. The summed E-state index contributed by atoms with van der Waals surface area (Å²) in [6.45, 7) is 24.0. The average molecular weight is 1030 g/mol. The second-order valence-corrected chi connectivity index (χ2v) is 22.3. The van der Waals surface area contributed by atoms with Gasteiger partial charge in [0.2, 0.25) is 11.8 Å². The lowest BCUT2D eigenvalue weighted by atomic mass is 9.77. The first-order valence-corrected chi connectivity index (χ1v) is 27.2. The molecule has 0 aliphatic carbocycles. The number of ether oxygens (including phenoxy) is 6. The van der Waals surface area contributed by atoms with Crippen LogP contribution in [-0.2, 0) is 55.8 Å². The van der Waals surface area contributed by atoms with Gasteiger partial charge in [-0.05, 0) is 99.2 Å². The minimum Gasteiger partial charge on any atom is -0.495 e. The van der Waals surface area contributed by atoms with Gasteiger partial charge in [-0.25, -0.2) is 4.79 Å². The highest BCUT2D eigenvalue weighted by Crippen LogP contribution is 2.34. The van der Waals surface area contributed by atoms with Crippen molar-refractivity contribution in [1.29, 1.82) is 0 Å². The molecule has 0 aromatic heterocycles. The van der Waals surface area contributed by atoms with Gasteiger partial charge in [-0.15, -0.1) is 0 Å². The third-order valence-electron chi connectivity index (χ3n) is 12.4. The van der Waals surface area contributed by atoms with Gasteiger partial charge in [0.25, 0.3) is 0 Å². The average Bonchev–Trinajstić information content (AvgIpc) is 3.30. The van der Waals surface area contributed by atoms with Crippen LogP contribution < -0.4 is 15.4 Å². The van der Waals surface area contributed by atoms with E-state index < -0.39 is 47.4 Å². The molecule has 14 nitrogen and oxygen atoms in total. The van der Waals surface area contributed by atoms with Crippen LogP contribution in [0, 0.1) is 23.2 Å². The van der Waals surface area contributed by atoms with E-state index in [4.69, 9.17) is 40.0 Å². The molecule has 2 amide bonds. The number of hydrogen-bond donors (Lipinski definition) is 2. The van der Waals surface area contributed by atoms with E-state index in [2.05, 4.69) is 79.2 Å². The van der Waals surface area contributed by atoms with Gasteiger partial charge < -0.3 is 39.1 Å². The van der Waals surface area contributed by atoms with Crippen LogP contribution in [0.4, 0.5) is 0 Å². The number of rotatable bonds is 27. The molecule has 0 fully saturated rings. The summed E-state index contributed by atoms with van der Waals surface area (Å²) in [6.07, 6.45) is 3.83. The zero-order chi connectivity index (χ0) is 51.8. The molecule has 3 rings (SSSR count). The summed E-state index contributed by atoms with van der Waals surface area (Å²) in [5, 5.41) is 5.99. The number of halogens is 1. The molecule has 1 aliphatic rings. The maximum atomic E-state index is 14.0. The summed E-state index contributed by atoms with van der Waals surface area (Å²) in [5.41, 5.74) is 1.80. The Morgan fingerprint density at radius 2 is 1.50 bits per heavy atom. The molecule has 0 saturated heterocycles. The Hall–Kier alpha value is -3.61. The molecular weight excluding hydrogens is 952 g/mol. The number of amides is 2. The Kier molecular flexibility index (Phi) is 27.5. The lowest BCUT2D eigenvalue weighted by molar-refractivity contribution is -0.179. The van der Waals surface area contributed by atoms with Gasteiger partial charge in [0.05, 0.1) is 57.2 Å². The Morgan fingerprint density at radius 3 is 2.10 bits per heavy atom. The first-order chi connectivity index (χ1) is 33.2. The summed E-state index contributed by atoms with van der Waals surface area (Å²) >= 11 is 6.39. The summed E-state index contributed by atoms with van der Waals surface area (Å²) in [4.78, 5) is 60.4. The van der Waals surface area contributed by atoms with Crippen molar-refractivity contribution >= 4 is 56.9 Å². The third kappa shape index (κ3) is 22.0. The van der Waals surface area contributed by atoms with E-state index in [0.717, 1.165) is 36.6 Å². The summed E-state index contributed by atoms with van der Waals surface area (Å²) < 4.78 is 34.7. The highest BCUT2D eigenvalue weighted by atomic mass is 35.5. The van der Waals surface area contributed by atoms with Crippen LogP contribution in [0.15, 0.2) is 66.1 Å². The predicted octanol–water partition coefficient (Wildman–Crippen LogP) is 8.36. The number of cyclic esters (lactones) is 2. The second kappa shape index (κ2) is 31.8. The number of esters is 2. The van der Waals surface area contributed by atoms with Crippen molar-refractivity contribution in [3.63, 3.8) is 0 Å². The largest absolute Gasteiger partial charge is 0.495 e. The number of nitrogens with zero attached hydrogens (tertiary/aromatic N) is 2. The fourth-order valence-corrected chi connectivity index (χ4v) is 9.39. The first-order valence-electron chi connectivity index (χ1n) is 24.3. The molecule has 1 heterocycles. The van der Waals surface area contributed by atoms with Crippen molar-refractivity contribution < 1.29 is 47.6 Å². The zero-order valence-electron chi connectivity index (χ0n) is 43.5. The highest BCUT2D eigenvalue weighted by Gasteiger charge is 2.38. The number of likely N-dealkylation sites (N-methyl/N-ethyl adjacent to an activating group) is 2. The summed E-state index contributed by atoms with van der Waals surface area (Å²) in [7, 11) is 9.06. The van der Waals surface area contributed by atoms with Gasteiger partial charge in [0.15, 0.2) is 6.10 Å². The van der Waals surface area contributed by atoms with Gasteiger partial charge in [0, 0.05) is 50.5 Å². The van der Waals surface area contributed by atoms with E-state index >= 15 is 0 Å². The number of carbonyl (C=O) groups excluding carboxylic acids is 4. The number of nitrogens with one attached hydrogen (secondary N) is 2. The minimum atomic E-state index is -1.22. The Labute approximate surface area is 431 Å². The fraction of sp³-hybridized carbons (Fsp3) is 0.623. The Bertz CT molecular complexity index is 1970. The van der Waals surface area contributed by atoms with Crippen LogP contribution in [0.3, 0.4) is 0 Å². The molecule has 0 spiro atoms. The fourth-order valence-electron chi connectivity index (χ4n) is 7.74. The zero-order valence-corrected chi connectivity index (χ0v) is 45.9. The summed E-state index contributed by atoms with van der Waals surface area (Å²) in [6, 6.07) is 12.7. The highest BCUT2D eigenvalue weighted by molar-refractivity contribution is 8.77. The maximum absolute atomic E-state index is 14.0. The number of hydrogen-bond acceptors (Lipinski definition) is 14. The molecule has 0 radical (unpaired) electrons. The van der Waals surface area contributed by atoms with Crippen LogP contribution in [0.2, 0.25) is 5.02 Å². The van der Waals surface area contributed by atoms with Crippen molar-refractivity contribution in [1.82, 2.24) is 20.4 Å². The molecule has 70 heavy (non-hydrogen) atoms. The quantitative estimate of drug-likeness (QED) is 0.0501. The van der Waals surface area contributed by atoms with Crippen LogP contribution in [0.5, 0.6) is 5.75 Å². The van der Waals surface area contributed by atoms with Crippen molar-refractivity contribution in [3.8, 4) is 5.75 Å². The van der Waals surface area contributed by atoms with Crippen molar-refractivity contribution in [2.45, 2.75) is 98.4 Å². The monoisotopic (exact) mass is 1030 g/mol. The summed E-state index contributed by atoms with van der Waals surface area (Å²) in [5.74, 6) is -1.89. The smallest absolute Gasteiger partial charge is 0.347 e. The topological polar surface area (TPSA) is 154 Å². The number of carbonyl (C=O) groups is 4. The van der Waals surface area contributed by atoms with Gasteiger partial charge >= 0.3 is 11.9 Å². The normalized spacial score (nSPS) is 20.1. The number of benzene rings is 2. The maximum Gasteiger partial charge on any atom is 0.347 e. The molecule has 1 aliphatic heterocycles. The molecular formula is C53H81ClN4O10S2. The van der Waals surface area contributed by atoms with E-state index in [9.17, 15) is 19.2 Å². The van der Waals surface area contributed by atoms with E-state index in [0.29, 0.717) is 56.0 Å². The standard InChI is InChI=1S/C53H81ClN4O10S2/c1-36(2)30-48-51(61)67-46(14-13-15-49(59)56-45(32-42-18-21-47(63-11)44(54)31-42)50(60)55-35-53(7,8)52(62)68-48)40(6)38(4)39(5)43-19-16-41(17-20-43)34-58(10)23-25-65-27-29-66-28-26-64-24-22-57(9)33-37(3)70-69-12/h13,15-21,31,36,38-40,45-46,48H,3,14,22-30,32-35H2,1-2,4-12H3,(H,55,60)(H,56,59)/b15-13+/t38-,39-,40+,45+,46-,48-/m0/s1. The van der Waals surface area contributed by atoms with Crippen molar-refractivity contribution in [2.75, 3.05) is 93.3 Å². The van der Waals surface area contributed by atoms with Crippen molar-refractivity contribution in [2.24, 2.45) is 23.2 Å². The third-order valence-corrected chi connectivity index (χ3v) is 14.5. The molecule has 2 aromatic rings. The lowest BCUT2D eigenvalue weighted by Gasteiger charge is -2.33. The van der Waals surface area contributed by atoms with E-state index in [1.807, 2.05) is 27.0 Å². The van der Waals surface area contributed by atoms with Gasteiger partial charge in [-0.3, -0.25) is 24.2 Å². The lowest BCUT2D eigenvalue weighted by Crippen LogP contribution is -2.51. The predicted molar refractivity (Wildman–Crippen MR) is 283 cm³/mol. The van der Waals surface area contributed by atoms with Crippen LogP contribution in [-0.4, -0.2) is 145 Å². The van der Waals surface area contributed by atoms with E-state index in [1.165, 1.54) is 18.7 Å². The Morgan fingerprint density at radius 1 is 0.886 bits per heavy atom.